The molecule has 0 unspecified atom stereocenters. The van der Waals surface area contributed by atoms with Gasteiger partial charge in [0, 0.05) is 35.6 Å². The van der Waals surface area contributed by atoms with Crippen LogP contribution in [0.1, 0.15) is 25.7 Å². The summed E-state index contributed by atoms with van der Waals surface area (Å²) in [5.41, 5.74) is 0. The Balaban J connectivity index is 1.59. The van der Waals surface area contributed by atoms with Gasteiger partial charge in [-0.25, -0.2) is 0 Å². The van der Waals surface area contributed by atoms with E-state index in [-0.39, 0.29) is 0 Å². The molecule has 1 aromatic heterocycles. The standard InChI is InChI=1S/C12H18N2S/c1-2-4-11(3-1)14-9-10-15-12-5-7-13-8-6-12/h5-8,11,14H,1-4,9-10H2. The van der Waals surface area contributed by atoms with E-state index in [1.54, 1.807) is 0 Å². The second-order valence-corrected chi connectivity index (χ2v) is 5.14. The van der Waals surface area contributed by atoms with Crippen molar-refractivity contribution in [3.05, 3.63) is 24.5 Å². The Morgan fingerprint density at radius 3 is 2.73 bits per heavy atom. The molecule has 1 heterocycles. The van der Waals surface area contributed by atoms with E-state index in [2.05, 4.69) is 22.4 Å². The third kappa shape index (κ3) is 3.84. The Labute approximate surface area is 95.9 Å². The molecular formula is C12H18N2S. The van der Waals surface area contributed by atoms with Gasteiger partial charge < -0.3 is 5.32 Å². The zero-order chi connectivity index (χ0) is 10.3. The molecule has 2 rings (SSSR count). The zero-order valence-electron chi connectivity index (χ0n) is 8.98. The highest BCUT2D eigenvalue weighted by molar-refractivity contribution is 7.99. The van der Waals surface area contributed by atoms with Crippen LogP contribution in [-0.4, -0.2) is 23.3 Å². The molecule has 1 aliphatic rings. The second kappa shape index (κ2) is 6.13. The topological polar surface area (TPSA) is 24.9 Å². The van der Waals surface area contributed by atoms with Gasteiger partial charge in [0.25, 0.3) is 0 Å². The summed E-state index contributed by atoms with van der Waals surface area (Å²) in [5.74, 6) is 1.15. The summed E-state index contributed by atoms with van der Waals surface area (Å²) in [5, 5.41) is 3.62. The molecule has 1 aliphatic carbocycles. The van der Waals surface area contributed by atoms with Crippen molar-refractivity contribution in [1.29, 1.82) is 0 Å². The van der Waals surface area contributed by atoms with Crippen LogP contribution < -0.4 is 5.32 Å². The summed E-state index contributed by atoms with van der Waals surface area (Å²) >= 11 is 1.90. The van der Waals surface area contributed by atoms with Crippen molar-refractivity contribution >= 4 is 11.8 Å². The Kier molecular flexibility index (Phi) is 4.48. The average molecular weight is 222 g/mol. The van der Waals surface area contributed by atoms with Crippen molar-refractivity contribution in [3.63, 3.8) is 0 Å². The van der Waals surface area contributed by atoms with Crippen molar-refractivity contribution in [2.75, 3.05) is 12.3 Å². The van der Waals surface area contributed by atoms with Crippen LogP contribution in [0.15, 0.2) is 29.4 Å². The monoisotopic (exact) mass is 222 g/mol. The molecule has 0 saturated heterocycles. The Hall–Kier alpha value is -0.540. The van der Waals surface area contributed by atoms with Crippen LogP contribution in [-0.2, 0) is 0 Å². The SMILES string of the molecule is c1cc(SCCNC2CCCC2)ccn1. The van der Waals surface area contributed by atoms with Crippen LogP contribution in [0.2, 0.25) is 0 Å². The molecule has 0 radical (unpaired) electrons. The van der Waals surface area contributed by atoms with Crippen LogP contribution >= 0.6 is 11.8 Å². The highest BCUT2D eigenvalue weighted by atomic mass is 32.2. The van der Waals surface area contributed by atoms with E-state index >= 15 is 0 Å². The molecular weight excluding hydrogens is 204 g/mol. The zero-order valence-corrected chi connectivity index (χ0v) is 9.80. The number of thioether (sulfide) groups is 1. The molecule has 1 saturated carbocycles. The molecule has 1 N–H and O–H groups in total. The van der Waals surface area contributed by atoms with Gasteiger partial charge in [-0.05, 0) is 25.0 Å². The van der Waals surface area contributed by atoms with Gasteiger partial charge in [0.2, 0.25) is 0 Å². The molecule has 0 atom stereocenters. The van der Waals surface area contributed by atoms with Crippen LogP contribution in [0.5, 0.6) is 0 Å². The maximum atomic E-state index is 4.01. The predicted molar refractivity (Wildman–Crippen MR) is 65.2 cm³/mol. The fraction of sp³-hybridized carbons (Fsp3) is 0.583. The van der Waals surface area contributed by atoms with Crippen LogP contribution in [0.4, 0.5) is 0 Å². The maximum Gasteiger partial charge on any atom is 0.0278 e. The summed E-state index contributed by atoms with van der Waals surface area (Å²) in [7, 11) is 0. The quantitative estimate of drug-likeness (QED) is 0.612. The smallest absolute Gasteiger partial charge is 0.0278 e. The van der Waals surface area contributed by atoms with Gasteiger partial charge in [0.1, 0.15) is 0 Å². The summed E-state index contributed by atoms with van der Waals surface area (Å²) < 4.78 is 0. The third-order valence-electron chi connectivity index (χ3n) is 2.81. The molecule has 3 heteroatoms. The van der Waals surface area contributed by atoms with Crippen molar-refractivity contribution in [3.8, 4) is 0 Å². The fourth-order valence-corrected chi connectivity index (χ4v) is 2.77. The first kappa shape index (κ1) is 11.0. The van der Waals surface area contributed by atoms with Gasteiger partial charge in [-0.1, -0.05) is 12.8 Å². The summed E-state index contributed by atoms with van der Waals surface area (Å²) in [4.78, 5) is 5.33. The lowest BCUT2D eigenvalue weighted by Crippen LogP contribution is -2.27. The predicted octanol–water partition coefficient (Wildman–Crippen LogP) is 2.71. The van der Waals surface area contributed by atoms with Gasteiger partial charge in [0.05, 0.1) is 0 Å². The lowest BCUT2D eigenvalue weighted by molar-refractivity contribution is 0.545. The van der Waals surface area contributed by atoms with Crippen molar-refractivity contribution < 1.29 is 0 Å². The van der Waals surface area contributed by atoms with Gasteiger partial charge in [-0.3, -0.25) is 4.98 Å². The Morgan fingerprint density at radius 2 is 2.00 bits per heavy atom. The van der Waals surface area contributed by atoms with E-state index in [1.807, 2.05) is 24.2 Å². The van der Waals surface area contributed by atoms with E-state index < -0.39 is 0 Å². The van der Waals surface area contributed by atoms with Crippen molar-refractivity contribution in [1.82, 2.24) is 10.3 Å². The lowest BCUT2D eigenvalue weighted by atomic mass is 10.2. The molecule has 0 bridgehead atoms. The normalized spacial score (nSPS) is 17.1. The molecule has 15 heavy (non-hydrogen) atoms. The lowest BCUT2D eigenvalue weighted by Gasteiger charge is -2.10. The number of pyridine rings is 1. The van der Waals surface area contributed by atoms with E-state index in [0.717, 1.165) is 18.3 Å². The second-order valence-electron chi connectivity index (χ2n) is 3.97. The van der Waals surface area contributed by atoms with Crippen LogP contribution in [0, 0.1) is 0 Å². The maximum absolute atomic E-state index is 4.01. The van der Waals surface area contributed by atoms with E-state index in [4.69, 9.17) is 0 Å². The van der Waals surface area contributed by atoms with Gasteiger partial charge in [0.15, 0.2) is 0 Å². The average Bonchev–Trinajstić information content (AvgIpc) is 2.79. The van der Waals surface area contributed by atoms with Crippen LogP contribution in [0.3, 0.4) is 0 Å². The Morgan fingerprint density at radius 1 is 1.27 bits per heavy atom. The van der Waals surface area contributed by atoms with E-state index in [0.29, 0.717) is 0 Å². The number of hydrogen-bond donors (Lipinski definition) is 1. The molecule has 82 valence electrons. The van der Waals surface area contributed by atoms with Gasteiger partial charge in [-0.2, -0.15) is 0 Å². The number of aromatic nitrogens is 1. The molecule has 0 spiro atoms. The first-order valence-electron chi connectivity index (χ1n) is 5.71. The van der Waals surface area contributed by atoms with E-state index in [1.165, 1.54) is 30.6 Å². The molecule has 1 fully saturated rings. The fourth-order valence-electron chi connectivity index (χ4n) is 2.00. The minimum absolute atomic E-state index is 0.794. The highest BCUT2D eigenvalue weighted by Gasteiger charge is 2.13. The number of hydrogen-bond acceptors (Lipinski definition) is 3. The molecule has 0 aliphatic heterocycles. The first-order valence-corrected chi connectivity index (χ1v) is 6.70. The van der Waals surface area contributed by atoms with E-state index in [9.17, 15) is 0 Å². The third-order valence-corrected chi connectivity index (χ3v) is 3.82. The minimum Gasteiger partial charge on any atom is -0.313 e. The molecule has 0 amide bonds. The number of nitrogens with one attached hydrogen (secondary N) is 1. The number of nitrogens with zero attached hydrogens (tertiary/aromatic N) is 1. The molecule has 1 aromatic rings. The van der Waals surface area contributed by atoms with Gasteiger partial charge >= 0.3 is 0 Å². The first-order chi connectivity index (χ1) is 7.45. The van der Waals surface area contributed by atoms with Crippen LogP contribution in [0.25, 0.3) is 0 Å². The molecule has 0 aromatic carbocycles. The Bertz CT molecular complexity index is 270. The summed E-state index contributed by atoms with van der Waals surface area (Å²) in [6.45, 7) is 1.12. The minimum atomic E-state index is 0.794. The van der Waals surface area contributed by atoms with Gasteiger partial charge in [-0.15, -0.1) is 11.8 Å². The largest absolute Gasteiger partial charge is 0.313 e. The van der Waals surface area contributed by atoms with Crippen molar-refractivity contribution in [2.24, 2.45) is 0 Å². The molecule has 2 nitrogen and oxygen atoms in total. The summed E-state index contributed by atoms with van der Waals surface area (Å²) in [6, 6.07) is 4.93. The van der Waals surface area contributed by atoms with Crippen molar-refractivity contribution in [2.45, 2.75) is 36.6 Å². The highest BCUT2D eigenvalue weighted by Crippen LogP contribution is 2.18. The number of rotatable bonds is 5. The summed E-state index contributed by atoms with van der Waals surface area (Å²) in [6.07, 6.45) is 9.28.